The fourth-order valence-electron chi connectivity index (χ4n) is 5.85. The van der Waals surface area contributed by atoms with Gasteiger partial charge in [-0.25, -0.2) is 0 Å². The molecule has 2 atom stereocenters. The van der Waals surface area contributed by atoms with E-state index in [1.165, 1.54) is 26.4 Å². The molecule has 0 saturated carbocycles. The number of nitrogens with zero attached hydrogens (tertiary/aromatic N) is 1. The van der Waals surface area contributed by atoms with Crippen LogP contribution in [0, 0.1) is 0 Å². The Bertz CT molecular complexity index is 1280. The normalized spacial score (nSPS) is 25.6. The van der Waals surface area contributed by atoms with E-state index >= 15 is 0 Å². The number of Topliss-reactive ketones (excluding diaryl/α,β-unsaturated/α-hetero) is 1. The van der Waals surface area contributed by atoms with Gasteiger partial charge in [-0.05, 0) is 24.6 Å². The highest BCUT2D eigenvalue weighted by molar-refractivity contribution is 6.48. The maximum absolute atomic E-state index is 13.5. The summed E-state index contributed by atoms with van der Waals surface area (Å²) >= 11 is 0. The zero-order valence-corrected chi connectivity index (χ0v) is 20.4. The van der Waals surface area contributed by atoms with Gasteiger partial charge in [-0.2, -0.15) is 0 Å². The number of unbranched alkanes of at least 4 members (excludes halogenated alkanes) is 3. The van der Waals surface area contributed by atoms with E-state index in [0.717, 1.165) is 24.2 Å². The van der Waals surface area contributed by atoms with Crippen molar-refractivity contribution in [3.05, 3.63) is 64.7 Å². The predicted molar refractivity (Wildman–Crippen MR) is 128 cm³/mol. The number of hydrogen-bond donors (Lipinski definition) is 3. The van der Waals surface area contributed by atoms with E-state index in [1.807, 2.05) is 6.92 Å². The topological polar surface area (TPSA) is 126 Å². The number of aliphatic hydroxyl groups is 3. The monoisotopic (exact) mass is 495 g/mol. The fourth-order valence-corrected chi connectivity index (χ4v) is 5.85. The third-order valence-electron chi connectivity index (χ3n) is 7.45. The number of amides is 1. The number of benzene rings is 2. The first-order valence-electron chi connectivity index (χ1n) is 12.0. The van der Waals surface area contributed by atoms with Crippen molar-refractivity contribution in [1.82, 2.24) is 4.90 Å². The van der Waals surface area contributed by atoms with Crippen LogP contribution in [0.25, 0.3) is 5.76 Å². The van der Waals surface area contributed by atoms with Crippen molar-refractivity contribution in [3.8, 4) is 11.5 Å². The average Bonchev–Trinajstić information content (AvgIpc) is 3.35. The smallest absolute Gasteiger partial charge is 0.296 e. The van der Waals surface area contributed by atoms with Gasteiger partial charge in [0.1, 0.15) is 5.76 Å². The van der Waals surface area contributed by atoms with Gasteiger partial charge in [-0.15, -0.1) is 0 Å². The molecule has 5 rings (SSSR count). The van der Waals surface area contributed by atoms with Crippen molar-refractivity contribution < 1.29 is 39.1 Å². The van der Waals surface area contributed by atoms with E-state index in [-0.39, 0.29) is 29.0 Å². The van der Waals surface area contributed by atoms with Crippen LogP contribution >= 0.6 is 0 Å². The molecule has 3 N–H and O–H groups in total. The SMILES string of the molecule is CCCCCCN1C(=O)C(=O)C2=C(c3ccc(OC)c(OC)c3)OC3(O)c4ccccc4C(O)(O)C213. The molecule has 0 radical (unpaired) electrons. The average molecular weight is 496 g/mol. The van der Waals surface area contributed by atoms with Gasteiger partial charge in [-0.1, -0.05) is 50.5 Å². The van der Waals surface area contributed by atoms with Crippen LogP contribution in [0.4, 0.5) is 0 Å². The van der Waals surface area contributed by atoms with Gasteiger partial charge in [0.05, 0.1) is 19.8 Å². The van der Waals surface area contributed by atoms with E-state index in [9.17, 15) is 24.9 Å². The molecule has 9 heteroatoms. The Hall–Kier alpha value is -3.40. The molecule has 1 saturated heterocycles. The second-order valence-electron chi connectivity index (χ2n) is 9.29. The van der Waals surface area contributed by atoms with Crippen molar-refractivity contribution in [1.29, 1.82) is 0 Å². The van der Waals surface area contributed by atoms with Crippen LogP contribution in [-0.4, -0.2) is 58.2 Å². The minimum atomic E-state index is -2.81. The van der Waals surface area contributed by atoms with E-state index in [0.29, 0.717) is 23.5 Å². The Kier molecular flexibility index (Phi) is 5.62. The fraction of sp³-hybridized carbons (Fsp3) is 0.407. The summed E-state index contributed by atoms with van der Waals surface area (Å²) in [4.78, 5) is 28.0. The first kappa shape index (κ1) is 24.3. The molecule has 2 aromatic rings. The zero-order chi connectivity index (χ0) is 25.9. The Morgan fingerprint density at radius 2 is 1.61 bits per heavy atom. The predicted octanol–water partition coefficient (Wildman–Crippen LogP) is 2.17. The van der Waals surface area contributed by atoms with Crippen LogP contribution in [0.3, 0.4) is 0 Å². The van der Waals surface area contributed by atoms with Crippen molar-refractivity contribution in [2.24, 2.45) is 0 Å². The lowest BCUT2D eigenvalue weighted by atomic mass is 9.78. The van der Waals surface area contributed by atoms with E-state index in [4.69, 9.17) is 14.2 Å². The first-order valence-corrected chi connectivity index (χ1v) is 12.0. The number of rotatable bonds is 8. The third kappa shape index (κ3) is 2.81. The Balaban J connectivity index is 1.77. The van der Waals surface area contributed by atoms with Crippen molar-refractivity contribution in [2.45, 2.75) is 49.7 Å². The number of ether oxygens (including phenoxy) is 3. The number of hydrogen-bond acceptors (Lipinski definition) is 8. The summed E-state index contributed by atoms with van der Waals surface area (Å²) in [6.45, 7) is 2.08. The van der Waals surface area contributed by atoms with Gasteiger partial charge in [0.2, 0.25) is 11.3 Å². The van der Waals surface area contributed by atoms with E-state index < -0.39 is 28.8 Å². The van der Waals surface area contributed by atoms with E-state index in [1.54, 1.807) is 30.3 Å². The maximum Gasteiger partial charge on any atom is 0.296 e. The lowest BCUT2D eigenvalue weighted by molar-refractivity contribution is -0.312. The molecule has 2 unspecified atom stereocenters. The molecule has 36 heavy (non-hydrogen) atoms. The van der Waals surface area contributed by atoms with Crippen LogP contribution in [0.15, 0.2) is 48.0 Å². The first-order chi connectivity index (χ1) is 17.2. The minimum absolute atomic E-state index is 0.0302. The highest BCUT2D eigenvalue weighted by Gasteiger charge is 2.85. The molecule has 0 aromatic heterocycles. The maximum atomic E-state index is 13.5. The lowest BCUT2D eigenvalue weighted by Gasteiger charge is -2.45. The van der Waals surface area contributed by atoms with Gasteiger partial charge >= 0.3 is 0 Å². The van der Waals surface area contributed by atoms with Crippen molar-refractivity contribution >= 4 is 17.4 Å². The molecular formula is C27H29NO8. The minimum Gasteiger partial charge on any atom is -0.493 e. The number of fused-ring (bicyclic) bond motifs is 2. The number of carbonyl (C=O) groups excluding carboxylic acids is 2. The molecule has 2 heterocycles. The Morgan fingerprint density at radius 1 is 0.917 bits per heavy atom. The summed E-state index contributed by atoms with van der Waals surface area (Å²) in [6.07, 6.45) is 3.14. The number of methoxy groups -OCH3 is 2. The standard InChI is InChI=1S/C27H29NO8/c1-4-5-6-9-14-28-24(30)22(29)21-23(16-12-13-19(34-2)20(15-16)35-3)36-27(33)18-11-8-7-10-17(18)26(31,32)25(21,27)28/h7-8,10-13,15,31-33H,4-6,9,14H2,1-3H3. The number of likely N-dealkylation sites (tertiary alicyclic amines) is 1. The van der Waals surface area contributed by atoms with Crippen LogP contribution in [0.5, 0.6) is 11.5 Å². The Morgan fingerprint density at radius 3 is 2.28 bits per heavy atom. The molecule has 1 spiro atoms. The van der Waals surface area contributed by atoms with Crippen LogP contribution in [0.2, 0.25) is 0 Å². The summed E-state index contributed by atoms with van der Waals surface area (Å²) in [5.41, 5.74) is -2.22. The molecular weight excluding hydrogens is 466 g/mol. The summed E-state index contributed by atoms with van der Waals surface area (Å²) in [6, 6.07) is 10.9. The summed E-state index contributed by atoms with van der Waals surface area (Å²) in [5.74, 6) is -6.45. The summed E-state index contributed by atoms with van der Waals surface area (Å²) in [7, 11) is 2.93. The molecule has 190 valence electrons. The number of ketones is 1. The van der Waals surface area contributed by atoms with Gasteiger partial charge in [0.15, 0.2) is 11.5 Å². The molecule has 2 aliphatic heterocycles. The molecule has 9 nitrogen and oxygen atoms in total. The number of carbonyl (C=O) groups is 2. The molecule has 1 aliphatic carbocycles. The van der Waals surface area contributed by atoms with Gasteiger partial charge in [0.25, 0.3) is 17.5 Å². The van der Waals surface area contributed by atoms with Gasteiger partial charge < -0.3 is 34.4 Å². The largest absolute Gasteiger partial charge is 0.493 e. The quantitative estimate of drug-likeness (QED) is 0.289. The molecule has 2 aromatic carbocycles. The second kappa shape index (κ2) is 8.33. The Labute approximate surface area is 208 Å². The molecule has 0 bridgehead atoms. The van der Waals surface area contributed by atoms with Crippen LogP contribution in [0.1, 0.15) is 49.3 Å². The third-order valence-corrected chi connectivity index (χ3v) is 7.45. The van der Waals surface area contributed by atoms with Crippen molar-refractivity contribution in [2.75, 3.05) is 20.8 Å². The zero-order valence-electron chi connectivity index (χ0n) is 20.4. The van der Waals surface area contributed by atoms with E-state index in [2.05, 4.69) is 0 Å². The lowest BCUT2D eigenvalue weighted by Crippen LogP contribution is -2.66. The second-order valence-corrected chi connectivity index (χ2v) is 9.29. The summed E-state index contributed by atoms with van der Waals surface area (Å²) < 4.78 is 16.8. The molecule has 1 fully saturated rings. The van der Waals surface area contributed by atoms with Gasteiger partial charge in [0, 0.05) is 23.2 Å². The highest BCUT2D eigenvalue weighted by atomic mass is 16.6. The molecule has 1 amide bonds. The molecule has 3 aliphatic rings. The van der Waals surface area contributed by atoms with Crippen molar-refractivity contribution in [3.63, 3.8) is 0 Å². The highest BCUT2D eigenvalue weighted by Crippen LogP contribution is 2.67. The van der Waals surface area contributed by atoms with Crippen LogP contribution in [-0.2, 0) is 25.9 Å². The summed E-state index contributed by atoms with van der Waals surface area (Å²) in [5, 5.41) is 35.5. The van der Waals surface area contributed by atoms with Gasteiger partial charge in [-0.3, -0.25) is 9.59 Å². The van der Waals surface area contributed by atoms with Crippen LogP contribution < -0.4 is 9.47 Å².